The first-order valence-corrected chi connectivity index (χ1v) is 16.9. The highest BCUT2D eigenvalue weighted by Gasteiger charge is 2.47. The highest BCUT2D eigenvalue weighted by atomic mass is 16.1. The number of hydrogen-bond donors (Lipinski definition) is 4. The molecule has 4 aliphatic rings. The van der Waals surface area contributed by atoms with Crippen LogP contribution in [0.3, 0.4) is 0 Å². The molecule has 4 N–H and O–H groups in total. The molecule has 2 heterocycles. The van der Waals surface area contributed by atoms with Gasteiger partial charge in [0.15, 0.2) is 0 Å². The number of allylic oxidation sites excluding steroid dienone is 4. The van der Waals surface area contributed by atoms with Crippen LogP contribution in [0.5, 0.6) is 0 Å². The van der Waals surface area contributed by atoms with Gasteiger partial charge in [-0.15, -0.1) is 0 Å². The molecule has 234 valence electrons. The van der Waals surface area contributed by atoms with Gasteiger partial charge in [-0.3, -0.25) is 9.59 Å². The zero-order valence-corrected chi connectivity index (χ0v) is 27.1. The summed E-state index contributed by atoms with van der Waals surface area (Å²) in [4.78, 5) is 30.5. The summed E-state index contributed by atoms with van der Waals surface area (Å²) in [6.45, 7) is 10.8. The van der Waals surface area contributed by atoms with Gasteiger partial charge in [0.1, 0.15) is 0 Å². The third kappa shape index (κ3) is 5.56. The van der Waals surface area contributed by atoms with E-state index in [0.29, 0.717) is 11.8 Å². The van der Waals surface area contributed by atoms with E-state index in [1.807, 2.05) is 0 Å². The third-order valence-electron chi connectivity index (χ3n) is 10.7. The van der Waals surface area contributed by atoms with Gasteiger partial charge in [0.05, 0.1) is 11.1 Å². The average molecular weight is 595 g/mol. The van der Waals surface area contributed by atoms with Crippen LogP contribution in [-0.2, 0) is 23.9 Å². The van der Waals surface area contributed by atoms with Gasteiger partial charge < -0.3 is 20.6 Å². The lowest BCUT2D eigenvalue weighted by Crippen LogP contribution is -2.52. The van der Waals surface area contributed by atoms with Crippen molar-refractivity contribution in [2.75, 3.05) is 13.1 Å². The molecule has 0 aromatic carbocycles. The second-order valence-electron chi connectivity index (χ2n) is 13.7. The van der Waals surface area contributed by atoms with Crippen LogP contribution < -0.4 is 21.8 Å². The molecule has 0 saturated heterocycles. The Hall–Kier alpha value is -3.22. The van der Waals surface area contributed by atoms with Crippen molar-refractivity contribution in [2.45, 2.75) is 103 Å². The number of unbranched alkanes of at least 4 members (excludes halogenated alkanes) is 5. The predicted octanol–water partition coefficient (Wildman–Crippen LogP) is 6.61. The molecule has 6 heteroatoms. The molecule has 0 saturated carbocycles. The Balaban J connectivity index is 0.996. The van der Waals surface area contributed by atoms with E-state index >= 15 is 0 Å². The highest BCUT2D eigenvalue weighted by molar-refractivity contribution is 5.50. The fourth-order valence-corrected chi connectivity index (χ4v) is 9.09. The van der Waals surface area contributed by atoms with Crippen molar-refractivity contribution < 1.29 is 0 Å². The molecule has 4 aliphatic carbocycles. The first kappa shape index (κ1) is 30.8. The molecule has 0 radical (unpaired) electrons. The number of aromatic amines is 2. The first-order valence-electron chi connectivity index (χ1n) is 16.9. The minimum atomic E-state index is -0.205. The summed E-state index contributed by atoms with van der Waals surface area (Å²) in [7, 11) is 0. The van der Waals surface area contributed by atoms with Crippen molar-refractivity contribution in [1.82, 2.24) is 20.6 Å². The summed E-state index contributed by atoms with van der Waals surface area (Å²) >= 11 is 0. The Bertz CT molecular complexity index is 1520. The topological polar surface area (TPSA) is 89.8 Å². The molecule has 0 spiro atoms. The zero-order chi connectivity index (χ0) is 30.9. The zero-order valence-electron chi connectivity index (χ0n) is 27.1. The molecule has 2 aromatic heterocycles. The maximum absolute atomic E-state index is 12.1. The normalized spacial score (nSPS) is 28.8. The second-order valence-corrected chi connectivity index (χ2v) is 13.7. The number of H-pyrrole nitrogens is 2. The molecule has 6 rings (SSSR count). The Labute approximate surface area is 262 Å². The van der Waals surface area contributed by atoms with Crippen LogP contribution in [0.4, 0.5) is 0 Å². The van der Waals surface area contributed by atoms with E-state index < -0.39 is 0 Å². The lowest BCUT2D eigenvalue weighted by molar-refractivity contribution is 0.317. The Morgan fingerprint density at radius 1 is 0.682 bits per heavy atom. The SMILES string of the molecule is CC=C1[C@H]2C=C(C)C[C@]1(NCCCCCCCCN[C@@]13CC(C)=C[C@@H](Cc4[nH]c(=O)ccc41)C3=CC)c1ccc(=O)[nH]c1C2. The summed E-state index contributed by atoms with van der Waals surface area (Å²) in [5, 5.41) is 7.98. The standard InChI is InChI=1S/C38H50N4O2/c1-5-29-27-19-25(3)23-37(29,31-13-15-35(43)41-33(31)21-27)39-17-11-9-7-8-10-12-18-40-38-24-26(4)20-28(30(38)6-2)22-34-32(38)14-16-36(44)42-34/h5-6,13-16,19-20,27-28,39-40H,7-12,17-18,21-24H2,1-4H3,(H,41,43)(H,42,44)/t27-,28-,37+,38+/m0/s1. The van der Waals surface area contributed by atoms with Gasteiger partial charge in [0.2, 0.25) is 11.1 Å². The van der Waals surface area contributed by atoms with Gasteiger partial charge in [0.25, 0.3) is 0 Å². The van der Waals surface area contributed by atoms with Gasteiger partial charge in [-0.25, -0.2) is 0 Å². The Morgan fingerprint density at radius 2 is 1.09 bits per heavy atom. The van der Waals surface area contributed by atoms with Gasteiger partial charge >= 0.3 is 0 Å². The molecule has 0 aliphatic heterocycles. The Morgan fingerprint density at radius 3 is 1.50 bits per heavy atom. The molecule has 2 aromatic rings. The van der Waals surface area contributed by atoms with Gasteiger partial charge in [-0.2, -0.15) is 0 Å². The highest BCUT2D eigenvalue weighted by Crippen LogP contribution is 2.50. The van der Waals surface area contributed by atoms with Crippen molar-refractivity contribution in [3.8, 4) is 0 Å². The average Bonchev–Trinajstić information content (AvgIpc) is 2.97. The predicted molar refractivity (Wildman–Crippen MR) is 180 cm³/mol. The summed E-state index contributed by atoms with van der Waals surface area (Å²) in [5.74, 6) is 0.709. The van der Waals surface area contributed by atoms with E-state index in [2.05, 4.69) is 84.7 Å². The smallest absolute Gasteiger partial charge is 0.248 e. The van der Waals surface area contributed by atoms with E-state index in [0.717, 1.165) is 63.0 Å². The fourth-order valence-electron chi connectivity index (χ4n) is 9.09. The van der Waals surface area contributed by atoms with Crippen LogP contribution in [0.25, 0.3) is 0 Å². The number of rotatable bonds is 11. The molecule has 4 bridgehead atoms. The number of fused-ring (bicyclic) bond motifs is 8. The monoisotopic (exact) mass is 594 g/mol. The van der Waals surface area contributed by atoms with Crippen molar-refractivity contribution >= 4 is 0 Å². The van der Waals surface area contributed by atoms with Crippen LogP contribution in [0, 0.1) is 11.8 Å². The summed E-state index contributed by atoms with van der Waals surface area (Å²) < 4.78 is 0. The minimum absolute atomic E-state index is 0.00601. The maximum Gasteiger partial charge on any atom is 0.248 e. The molecular weight excluding hydrogens is 544 g/mol. The fraction of sp³-hybridized carbons (Fsp3) is 0.526. The molecule has 0 unspecified atom stereocenters. The molecule has 6 nitrogen and oxygen atoms in total. The second kappa shape index (κ2) is 12.6. The number of nitrogens with one attached hydrogen (secondary N) is 4. The van der Waals surface area contributed by atoms with Crippen LogP contribution >= 0.6 is 0 Å². The van der Waals surface area contributed by atoms with E-state index in [1.165, 1.54) is 59.1 Å². The van der Waals surface area contributed by atoms with Gasteiger partial charge in [0, 0.05) is 35.4 Å². The van der Waals surface area contributed by atoms with Crippen LogP contribution in [0.1, 0.15) is 102 Å². The molecule has 44 heavy (non-hydrogen) atoms. The first-order chi connectivity index (χ1) is 21.3. The minimum Gasteiger partial charge on any atom is -0.326 e. The van der Waals surface area contributed by atoms with Crippen LogP contribution in [0.2, 0.25) is 0 Å². The van der Waals surface area contributed by atoms with E-state index in [1.54, 1.807) is 12.1 Å². The third-order valence-corrected chi connectivity index (χ3v) is 10.7. The van der Waals surface area contributed by atoms with E-state index in [-0.39, 0.29) is 22.2 Å². The summed E-state index contributed by atoms with van der Waals surface area (Å²) in [6, 6.07) is 7.50. The number of pyridine rings is 2. The number of hydrogen-bond acceptors (Lipinski definition) is 4. The molecular formula is C38H50N4O2. The van der Waals surface area contributed by atoms with E-state index in [4.69, 9.17) is 0 Å². The van der Waals surface area contributed by atoms with Gasteiger partial charge in [-0.05, 0) is 114 Å². The summed E-state index contributed by atoms with van der Waals surface area (Å²) in [6.07, 6.45) is 20.3. The maximum atomic E-state index is 12.1. The van der Waals surface area contributed by atoms with Crippen molar-refractivity contribution in [1.29, 1.82) is 0 Å². The molecule has 4 atom stereocenters. The lowest BCUT2D eigenvalue weighted by Gasteiger charge is -2.48. The number of aromatic nitrogens is 2. The van der Waals surface area contributed by atoms with Crippen LogP contribution in [0.15, 0.2) is 80.5 Å². The van der Waals surface area contributed by atoms with Crippen molar-refractivity contribution in [3.05, 3.63) is 114 Å². The van der Waals surface area contributed by atoms with Crippen LogP contribution in [-0.4, -0.2) is 23.1 Å². The van der Waals surface area contributed by atoms with Gasteiger partial charge in [-0.1, -0.05) is 61.1 Å². The molecule has 0 fully saturated rings. The van der Waals surface area contributed by atoms with Crippen molar-refractivity contribution in [3.63, 3.8) is 0 Å². The molecule has 0 amide bonds. The van der Waals surface area contributed by atoms with Crippen molar-refractivity contribution in [2.24, 2.45) is 11.8 Å². The van der Waals surface area contributed by atoms with E-state index in [9.17, 15) is 9.59 Å². The summed E-state index contributed by atoms with van der Waals surface area (Å²) in [5.41, 5.74) is 10.1. The largest absolute Gasteiger partial charge is 0.326 e. The Kier molecular flexibility index (Phi) is 8.85. The quantitative estimate of drug-likeness (QED) is 0.174. The lowest BCUT2D eigenvalue weighted by atomic mass is 9.63.